The molecule has 0 spiro atoms. The van der Waals surface area contributed by atoms with Gasteiger partial charge in [-0.05, 0) is 36.8 Å². The minimum atomic E-state index is -0.299. The number of ether oxygens (including phenoxy) is 1. The van der Waals surface area contributed by atoms with E-state index >= 15 is 0 Å². The van der Waals surface area contributed by atoms with Crippen LogP contribution in [0.4, 0.5) is 11.4 Å². The number of aromatic hydroxyl groups is 1. The number of carbonyl (C=O) groups excluding carboxylic acids is 1. The molecular formula is C15H16N2O3. The smallest absolute Gasteiger partial charge is 0.255 e. The lowest BCUT2D eigenvalue weighted by molar-refractivity contribution is 0.102. The minimum Gasteiger partial charge on any atom is -0.508 e. The van der Waals surface area contributed by atoms with Gasteiger partial charge in [0, 0.05) is 17.3 Å². The largest absolute Gasteiger partial charge is 0.508 e. The third kappa shape index (κ3) is 2.83. The predicted molar refractivity (Wildman–Crippen MR) is 78.2 cm³/mol. The van der Waals surface area contributed by atoms with E-state index in [1.807, 2.05) is 0 Å². The molecule has 5 heteroatoms. The van der Waals surface area contributed by atoms with E-state index in [1.54, 1.807) is 37.3 Å². The molecule has 2 aromatic carbocycles. The zero-order valence-electron chi connectivity index (χ0n) is 11.3. The molecule has 0 unspecified atom stereocenters. The average Bonchev–Trinajstić information content (AvgIpc) is 2.43. The van der Waals surface area contributed by atoms with E-state index in [0.717, 1.165) is 5.56 Å². The summed E-state index contributed by atoms with van der Waals surface area (Å²) < 4.78 is 5.08. The molecule has 0 heterocycles. The Morgan fingerprint density at radius 2 is 2.00 bits per heavy atom. The lowest BCUT2D eigenvalue weighted by atomic mass is 10.1. The number of nitrogen functional groups attached to an aromatic ring is 1. The standard InChI is InChI=1S/C15H16N2O3/c1-9-3-5-11(8-13(9)18)17-15(19)10-4-6-12(16)14(7-10)20-2/h3-8,18H,16H2,1-2H3,(H,17,19). The highest BCUT2D eigenvalue weighted by atomic mass is 16.5. The number of carbonyl (C=O) groups is 1. The van der Waals surface area contributed by atoms with Crippen molar-refractivity contribution in [3.05, 3.63) is 47.5 Å². The van der Waals surface area contributed by atoms with Crippen LogP contribution in [0.25, 0.3) is 0 Å². The zero-order valence-corrected chi connectivity index (χ0v) is 11.3. The Balaban J connectivity index is 2.21. The van der Waals surface area contributed by atoms with Gasteiger partial charge in [-0.3, -0.25) is 4.79 Å². The molecule has 0 bridgehead atoms. The number of rotatable bonds is 3. The maximum absolute atomic E-state index is 12.1. The third-order valence-corrected chi connectivity index (χ3v) is 2.96. The van der Waals surface area contributed by atoms with E-state index in [1.165, 1.54) is 13.2 Å². The average molecular weight is 272 g/mol. The number of phenols is 1. The Morgan fingerprint density at radius 1 is 1.25 bits per heavy atom. The van der Waals surface area contributed by atoms with Crippen LogP contribution in [-0.2, 0) is 0 Å². The summed E-state index contributed by atoms with van der Waals surface area (Å²) >= 11 is 0. The molecule has 0 radical (unpaired) electrons. The van der Waals surface area contributed by atoms with Crippen LogP contribution in [0.15, 0.2) is 36.4 Å². The third-order valence-electron chi connectivity index (χ3n) is 2.96. The second-order valence-corrected chi connectivity index (χ2v) is 4.41. The van der Waals surface area contributed by atoms with Crippen molar-refractivity contribution in [2.24, 2.45) is 0 Å². The van der Waals surface area contributed by atoms with Crippen molar-refractivity contribution in [2.45, 2.75) is 6.92 Å². The molecule has 0 atom stereocenters. The molecule has 1 amide bonds. The fraction of sp³-hybridized carbons (Fsp3) is 0.133. The maximum atomic E-state index is 12.1. The highest BCUT2D eigenvalue weighted by molar-refractivity contribution is 6.04. The normalized spacial score (nSPS) is 10.1. The number of hydrogen-bond acceptors (Lipinski definition) is 4. The van der Waals surface area contributed by atoms with Crippen LogP contribution in [0.5, 0.6) is 11.5 Å². The first-order chi connectivity index (χ1) is 9.51. The first kappa shape index (κ1) is 13.7. The van der Waals surface area contributed by atoms with Gasteiger partial charge in [-0.1, -0.05) is 6.07 Å². The fourth-order valence-electron chi connectivity index (χ4n) is 1.74. The second-order valence-electron chi connectivity index (χ2n) is 4.41. The summed E-state index contributed by atoms with van der Waals surface area (Å²) in [7, 11) is 1.49. The van der Waals surface area contributed by atoms with Gasteiger partial charge in [-0.15, -0.1) is 0 Å². The number of hydrogen-bond donors (Lipinski definition) is 3. The SMILES string of the molecule is COc1cc(C(=O)Nc2ccc(C)c(O)c2)ccc1N. The quantitative estimate of drug-likeness (QED) is 0.750. The number of anilines is 2. The zero-order chi connectivity index (χ0) is 14.7. The molecule has 0 saturated carbocycles. The van der Waals surface area contributed by atoms with E-state index in [0.29, 0.717) is 22.7 Å². The van der Waals surface area contributed by atoms with Gasteiger partial charge >= 0.3 is 0 Å². The molecule has 0 aliphatic rings. The monoisotopic (exact) mass is 272 g/mol. The van der Waals surface area contributed by atoms with E-state index in [-0.39, 0.29) is 11.7 Å². The van der Waals surface area contributed by atoms with Crippen molar-refractivity contribution in [1.82, 2.24) is 0 Å². The summed E-state index contributed by atoms with van der Waals surface area (Å²) in [6.45, 7) is 1.78. The predicted octanol–water partition coefficient (Wildman–Crippen LogP) is 2.54. The first-order valence-electron chi connectivity index (χ1n) is 6.05. The number of benzene rings is 2. The van der Waals surface area contributed by atoms with Crippen LogP contribution in [0, 0.1) is 6.92 Å². The molecule has 0 aliphatic carbocycles. The number of nitrogens with one attached hydrogen (secondary N) is 1. The highest BCUT2D eigenvalue weighted by Gasteiger charge is 2.10. The van der Waals surface area contributed by atoms with E-state index < -0.39 is 0 Å². The highest BCUT2D eigenvalue weighted by Crippen LogP contribution is 2.24. The molecule has 4 N–H and O–H groups in total. The van der Waals surface area contributed by atoms with Gasteiger partial charge in [0.05, 0.1) is 12.8 Å². The maximum Gasteiger partial charge on any atom is 0.255 e. The number of aryl methyl sites for hydroxylation is 1. The van der Waals surface area contributed by atoms with Gasteiger partial charge in [0.25, 0.3) is 5.91 Å². The van der Waals surface area contributed by atoms with Crippen molar-refractivity contribution >= 4 is 17.3 Å². The van der Waals surface area contributed by atoms with E-state index in [9.17, 15) is 9.90 Å². The molecule has 2 aromatic rings. The second kappa shape index (κ2) is 5.52. The molecule has 104 valence electrons. The summed E-state index contributed by atoms with van der Waals surface area (Å²) in [5.41, 5.74) is 7.87. The Bertz CT molecular complexity index is 654. The van der Waals surface area contributed by atoms with Crippen LogP contribution in [0.3, 0.4) is 0 Å². The van der Waals surface area contributed by atoms with Crippen LogP contribution >= 0.6 is 0 Å². The number of methoxy groups -OCH3 is 1. The van der Waals surface area contributed by atoms with Crippen molar-refractivity contribution in [3.63, 3.8) is 0 Å². The van der Waals surface area contributed by atoms with Gasteiger partial charge in [-0.2, -0.15) is 0 Å². The number of nitrogens with two attached hydrogens (primary N) is 1. The summed E-state index contributed by atoms with van der Waals surface area (Å²) in [4.78, 5) is 12.1. The Labute approximate surface area is 117 Å². The first-order valence-corrected chi connectivity index (χ1v) is 6.05. The molecule has 0 aromatic heterocycles. The molecule has 20 heavy (non-hydrogen) atoms. The van der Waals surface area contributed by atoms with Crippen molar-refractivity contribution in [3.8, 4) is 11.5 Å². The molecule has 5 nitrogen and oxygen atoms in total. The topological polar surface area (TPSA) is 84.6 Å². The van der Waals surface area contributed by atoms with Gasteiger partial charge in [0.15, 0.2) is 0 Å². The summed E-state index contributed by atoms with van der Waals surface area (Å²) in [5.74, 6) is 0.286. The molecule has 0 aliphatic heterocycles. The lowest BCUT2D eigenvalue weighted by Crippen LogP contribution is -2.12. The van der Waals surface area contributed by atoms with Crippen LogP contribution in [-0.4, -0.2) is 18.1 Å². The van der Waals surface area contributed by atoms with E-state index in [2.05, 4.69) is 5.32 Å². The Morgan fingerprint density at radius 3 is 2.65 bits per heavy atom. The van der Waals surface area contributed by atoms with E-state index in [4.69, 9.17) is 10.5 Å². The van der Waals surface area contributed by atoms with Gasteiger partial charge in [0.2, 0.25) is 0 Å². The van der Waals surface area contributed by atoms with Crippen LogP contribution < -0.4 is 15.8 Å². The molecule has 0 fully saturated rings. The molecule has 0 saturated heterocycles. The molecule has 2 rings (SSSR count). The summed E-state index contributed by atoms with van der Waals surface area (Å²) in [6.07, 6.45) is 0. The van der Waals surface area contributed by atoms with Gasteiger partial charge in [-0.25, -0.2) is 0 Å². The number of phenolic OH excluding ortho intramolecular Hbond substituents is 1. The lowest BCUT2D eigenvalue weighted by Gasteiger charge is -2.09. The summed E-state index contributed by atoms with van der Waals surface area (Å²) in [5, 5.41) is 12.3. The Kier molecular flexibility index (Phi) is 3.79. The minimum absolute atomic E-state index is 0.137. The van der Waals surface area contributed by atoms with Gasteiger partial charge < -0.3 is 20.9 Å². The Hall–Kier alpha value is -2.69. The van der Waals surface area contributed by atoms with Crippen molar-refractivity contribution in [1.29, 1.82) is 0 Å². The van der Waals surface area contributed by atoms with Gasteiger partial charge in [0.1, 0.15) is 11.5 Å². The summed E-state index contributed by atoms with van der Waals surface area (Å²) in [6, 6.07) is 9.75. The van der Waals surface area contributed by atoms with Crippen molar-refractivity contribution < 1.29 is 14.6 Å². The number of amides is 1. The fourth-order valence-corrected chi connectivity index (χ4v) is 1.74. The van der Waals surface area contributed by atoms with Crippen LogP contribution in [0.1, 0.15) is 15.9 Å². The van der Waals surface area contributed by atoms with Crippen LogP contribution in [0.2, 0.25) is 0 Å². The molecular weight excluding hydrogens is 256 g/mol. The van der Waals surface area contributed by atoms with Crippen molar-refractivity contribution in [2.75, 3.05) is 18.2 Å².